The molecule has 0 spiro atoms. The Labute approximate surface area is 157 Å². The SMILES string of the molecule is Cc1ccc(C(=O)CSc2nnc(COc3ccc(Br)cc3)o2)cc1. The summed E-state index contributed by atoms with van der Waals surface area (Å²) in [7, 11) is 0. The average Bonchev–Trinajstić information content (AvgIpc) is 3.08. The molecule has 25 heavy (non-hydrogen) atoms. The second-order valence-electron chi connectivity index (χ2n) is 5.28. The van der Waals surface area contributed by atoms with Gasteiger partial charge in [0.05, 0.1) is 5.75 Å². The molecule has 7 heteroatoms. The lowest BCUT2D eigenvalue weighted by Gasteiger charge is -2.02. The number of halogens is 1. The van der Waals surface area contributed by atoms with Gasteiger partial charge < -0.3 is 9.15 Å². The van der Waals surface area contributed by atoms with Crippen molar-refractivity contribution in [2.45, 2.75) is 18.8 Å². The monoisotopic (exact) mass is 418 g/mol. The highest BCUT2D eigenvalue weighted by Gasteiger charge is 2.11. The summed E-state index contributed by atoms with van der Waals surface area (Å²) in [5.74, 6) is 1.35. The molecule has 3 aromatic rings. The molecule has 128 valence electrons. The van der Waals surface area contributed by atoms with Crippen molar-refractivity contribution in [2.75, 3.05) is 5.75 Å². The fraction of sp³-hybridized carbons (Fsp3) is 0.167. The molecule has 0 fully saturated rings. The Morgan fingerprint density at radius 1 is 1.12 bits per heavy atom. The third-order valence-electron chi connectivity index (χ3n) is 3.32. The van der Waals surface area contributed by atoms with E-state index < -0.39 is 0 Å². The number of rotatable bonds is 7. The lowest BCUT2D eigenvalue weighted by molar-refractivity contribution is 0.102. The molecule has 0 N–H and O–H groups in total. The Morgan fingerprint density at radius 2 is 1.84 bits per heavy atom. The van der Waals surface area contributed by atoms with Crippen LogP contribution in [0.3, 0.4) is 0 Å². The molecule has 0 aliphatic carbocycles. The number of benzene rings is 2. The van der Waals surface area contributed by atoms with Crippen molar-refractivity contribution in [1.29, 1.82) is 0 Å². The zero-order valence-electron chi connectivity index (χ0n) is 13.4. The summed E-state index contributed by atoms with van der Waals surface area (Å²) in [6.45, 7) is 2.17. The van der Waals surface area contributed by atoms with Crippen molar-refractivity contribution in [3.63, 3.8) is 0 Å². The van der Waals surface area contributed by atoms with Gasteiger partial charge in [-0.05, 0) is 31.2 Å². The Kier molecular flexibility index (Phi) is 5.88. The van der Waals surface area contributed by atoms with Crippen molar-refractivity contribution in [1.82, 2.24) is 10.2 Å². The second-order valence-corrected chi connectivity index (χ2v) is 7.12. The zero-order chi connectivity index (χ0) is 17.6. The molecule has 0 aliphatic heterocycles. The van der Waals surface area contributed by atoms with Crippen molar-refractivity contribution >= 4 is 33.5 Å². The molecule has 0 amide bonds. The number of ketones is 1. The van der Waals surface area contributed by atoms with Gasteiger partial charge in [0.25, 0.3) is 11.1 Å². The van der Waals surface area contributed by atoms with Crippen LogP contribution in [0.2, 0.25) is 0 Å². The van der Waals surface area contributed by atoms with E-state index >= 15 is 0 Å². The van der Waals surface area contributed by atoms with Gasteiger partial charge in [-0.25, -0.2) is 0 Å². The lowest BCUT2D eigenvalue weighted by Crippen LogP contribution is -2.02. The first-order chi connectivity index (χ1) is 12.1. The maximum atomic E-state index is 12.1. The van der Waals surface area contributed by atoms with Crippen molar-refractivity contribution < 1.29 is 13.9 Å². The van der Waals surface area contributed by atoms with Crippen LogP contribution in [0.5, 0.6) is 5.75 Å². The van der Waals surface area contributed by atoms with E-state index in [0.29, 0.717) is 22.4 Å². The van der Waals surface area contributed by atoms with E-state index in [-0.39, 0.29) is 18.1 Å². The van der Waals surface area contributed by atoms with E-state index in [2.05, 4.69) is 26.1 Å². The maximum absolute atomic E-state index is 12.1. The number of aromatic nitrogens is 2. The largest absolute Gasteiger partial charge is 0.484 e. The summed E-state index contributed by atoms with van der Waals surface area (Å²) < 4.78 is 12.0. The van der Waals surface area contributed by atoms with Gasteiger partial charge in [-0.15, -0.1) is 10.2 Å². The minimum Gasteiger partial charge on any atom is -0.484 e. The highest BCUT2D eigenvalue weighted by Crippen LogP contribution is 2.20. The van der Waals surface area contributed by atoms with Gasteiger partial charge in [0, 0.05) is 10.0 Å². The predicted octanol–water partition coefficient (Wildman–Crippen LogP) is 4.69. The third kappa shape index (κ3) is 5.17. The van der Waals surface area contributed by atoms with Gasteiger partial charge in [0.15, 0.2) is 12.4 Å². The molecule has 1 aromatic heterocycles. The number of carbonyl (C=O) groups excluding carboxylic acids is 1. The van der Waals surface area contributed by atoms with Crippen molar-refractivity contribution in [3.8, 4) is 5.75 Å². The van der Waals surface area contributed by atoms with E-state index in [1.807, 2.05) is 55.5 Å². The van der Waals surface area contributed by atoms with Crippen molar-refractivity contribution in [2.24, 2.45) is 0 Å². The number of carbonyl (C=O) groups is 1. The van der Waals surface area contributed by atoms with Crippen LogP contribution in [0.4, 0.5) is 0 Å². The van der Waals surface area contributed by atoms with Crippen LogP contribution >= 0.6 is 27.7 Å². The second kappa shape index (κ2) is 8.31. The smallest absolute Gasteiger partial charge is 0.277 e. The fourth-order valence-electron chi connectivity index (χ4n) is 1.98. The molecule has 3 rings (SSSR count). The summed E-state index contributed by atoms with van der Waals surface area (Å²) in [4.78, 5) is 12.1. The van der Waals surface area contributed by atoms with E-state index in [1.165, 1.54) is 11.8 Å². The van der Waals surface area contributed by atoms with Crippen LogP contribution in [-0.2, 0) is 6.61 Å². The topological polar surface area (TPSA) is 65.2 Å². The summed E-state index contributed by atoms with van der Waals surface area (Å²) in [6, 6.07) is 15.0. The molecular formula is C18H15BrN2O3S. The zero-order valence-corrected chi connectivity index (χ0v) is 15.8. The fourth-order valence-corrected chi connectivity index (χ4v) is 2.92. The molecule has 2 aromatic carbocycles. The van der Waals surface area contributed by atoms with Crippen LogP contribution in [0, 0.1) is 6.92 Å². The number of thioether (sulfide) groups is 1. The third-order valence-corrected chi connectivity index (χ3v) is 4.67. The van der Waals surface area contributed by atoms with Crippen molar-refractivity contribution in [3.05, 3.63) is 70.0 Å². The first-order valence-electron chi connectivity index (χ1n) is 7.53. The number of ether oxygens (including phenoxy) is 1. The summed E-state index contributed by atoms with van der Waals surface area (Å²) in [5, 5.41) is 8.21. The molecule has 5 nitrogen and oxygen atoms in total. The van der Waals surface area contributed by atoms with E-state index in [1.54, 1.807) is 0 Å². The predicted molar refractivity (Wildman–Crippen MR) is 99.0 cm³/mol. The maximum Gasteiger partial charge on any atom is 0.277 e. The van der Waals surface area contributed by atoms with Crippen LogP contribution in [-0.4, -0.2) is 21.7 Å². The van der Waals surface area contributed by atoms with Gasteiger partial charge in [0.1, 0.15) is 5.75 Å². The normalized spacial score (nSPS) is 10.6. The van der Waals surface area contributed by atoms with E-state index in [0.717, 1.165) is 10.0 Å². The molecule has 0 bridgehead atoms. The Hall–Kier alpha value is -2.12. The van der Waals surface area contributed by atoms with Crippen LogP contribution < -0.4 is 4.74 Å². The molecule has 0 radical (unpaired) electrons. The number of nitrogens with zero attached hydrogens (tertiary/aromatic N) is 2. The van der Waals surface area contributed by atoms with Gasteiger partial charge in [-0.2, -0.15) is 0 Å². The Bertz CT molecular complexity index is 848. The number of hydrogen-bond acceptors (Lipinski definition) is 6. The number of Topliss-reactive ketones (excluding diaryl/α,β-unsaturated/α-hetero) is 1. The molecular weight excluding hydrogens is 404 g/mol. The number of hydrogen-bond donors (Lipinski definition) is 0. The summed E-state index contributed by atoms with van der Waals surface area (Å²) in [6.07, 6.45) is 0. The minimum absolute atomic E-state index is 0.0239. The van der Waals surface area contributed by atoms with Crippen LogP contribution in [0.1, 0.15) is 21.8 Å². The standard InChI is InChI=1S/C18H15BrN2O3S/c1-12-2-4-13(5-3-12)16(22)11-25-18-21-20-17(24-18)10-23-15-8-6-14(19)7-9-15/h2-9H,10-11H2,1H3. The first kappa shape index (κ1) is 17.7. The molecule has 0 atom stereocenters. The summed E-state index contributed by atoms with van der Waals surface area (Å²) in [5.41, 5.74) is 1.80. The van der Waals surface area contributed by atoms with Gasteiger partial charge in [0.2, 0.25) is 0 Å². The van der Waals surface area contributed by atoms with Crippen LogP contribution in [0.15, 0.2) is 62.6 Å². The van der Waals surface area contributed by atoms with Crippen LogP contribution in [0.25, 0.3) is 0 Å². The van der Waals surface area contributed by atoms with Gasteiger partial charge in [-0.1, -0.05) is 57.5 Å². The van der Waals surface area contributed by atoms with E-state index in [4.69, 9.17) is 9.15 Å². The van der Waals surface area contributed by atoms with Gasteiger partial charge in [-0.3, -0.25) is 4.79 Å². The number of aryl methyl sites for hydroxylation is 1. The lowest BCUT2D eigenvalue weighted by atomic mass is 10.1. The molecule has 1 heterocycles. The molecule has 0 unspecified atom stereocenters. The first-order valence-corrected chi connectivity index (χ1v) is 9.31. The quantitative estimate of drug-likeness (QED) is 0.409. The summed E-state index contributed by atoms with van der Waals surface area (Å²) >= 11 is 4.59. The highest BCUT2D eigenvalue weighted by molar-refractivity contribution is 9.10. The minimum atomic E-state index is 0.0239. The van der Waals surface area contributed by atoms with Gasteiger partial charge >= 0.3 is 0 Å². The molecule has 0 saturated heterocycles. The molecule has 0 saturated carbocycles. The Balaban J connectivity index is 1.50. The Morgan fingerprint density at radius 3 is 2.56 bits per heavy atom. The highest BCUT2D eigenvalue weighted by atomic mass is 79.9. The average molecular weight is 419 g/mol. The molecule has 0 aliphatic rings. The van der Waals surface area contributed by atoms with E-state index in [9.17, 15) is 4.79 Å².